The largest absolute Gasteiger partial charge is 0.330 e. The first-order chi connectivity index (χ1) is 15.8. The monoisotopic (exact) mass is 437 g/mol. The molecular weight excluding hydrogens is 394 g/mol. The van der Waals surface area contributed by atoms with Crippen molar-refractivity contribution >= 4 is 11.0 Å². The average molecular weight is 438 g/mol. The Bertz CT molecular complexity index is 849. The highest BCUT2D eigenvalue weighted by atomic mass is 15.2. The highest BCUT2D eigenvalue weighted by molar-refractivity contribution is 5.75. The van der Waals surface area contributed by atoms with E-state index in [9.17, 15) is 0 Å². The summed E-state index contributed by atoms with van der Waals surface area (Å²) in [5.74, 6) is 2.02. The van der Waals surface area contributed by atoms with Crippen molar-refractivity contribution in [1.82, 2.24) is 24.3 Å². The first-order valence-electron chi connectivity index (χ1n) is 13.4. The Morgan fingerprint density at radius 2 is 1.75 bits per heavy atom. The van der Waals surface area contributed by atoms with E-state index < -0.39 is 0 Å². The maximum atomic E-state index is 5.02. The topological polar surface area (TPSA) is 27.5 Å². The van der Waals surface area contributed by atoms with Crippen LogP contribution in [0.4, 0.5) is 0 Å². The minimum atomic E-state index is 0.806. The molecule has 3 heterocycles. The van der Waals surface area contributed by atoms with Gasteiger partial charge in [-0.05, 0) is 76.2 Å². The number of rotatable bonds is 8. The number of nitrogens with zero attached hydrogens (tertiary/aromatic N) is 5. The molecule has 1 aliphatic carbocycles. The number of aryl methyl sites for hydroxylation is 1. The van der Waals surface area contributed by atoms with Gasteiger partial charge in [0.05, 0.1) is 17.6 Å². The molecule has 3 aliphatic rings. The number of benzene rings is 1. The van der Waals surface area contributed by atoms with Crippen LogP contribution in [0.25, 0.3) is 11.0 Å². The summed E-state index contributed by atoms with van der Waals surface area (Å²) < 4.78 is 2.31. The predicted octanol–water partition coefficient (Wildman–Crippen LogP) is 4.52. The summed E-state index contributed by atoms with van der Waals surface area (Å²) in [5.41, 5.74) is 2.38. The SMILES string of the molecule is Cn1c(CN(CCN2CCCCC2)C[C@H]2CCCN(C3CCCC3)C2)nc2ccccc21. The summed E-state index contributed by atoms with van der Waals surface area (Å²) in [5, 5.41) is 0. The molecule has 0 spiro atoms. The van der Waals surface area contributed by atoms with Crippen molar-refractivity contribution in [2.24, 2.45) is 13.0 Å². The van der Waals surface area contributed by atoms with Gasteiger partial charge in [0.1, 0.15) is 5.82 Å². The molecule has 1 aromatic heterocycles. The number of hydrogen-bond donors (Lipinski definition) is 0. The van der Waals surface area contributed by atoms with Gasteiger partial charge in [-0.1, -0.05) is 31.4 Å². The van der Waals surface area contributed by atoms with E-state index in [-0.39, 0.29) is 0 Å². The van der Waals surface area contributed by atoms with Crippen LogP contribution in [-0.2, 0) is 13.6 Å². The van der Waals surface area contributed by atoms with Crippen LogP contribution < -0.4 is 0 Å². The average Bonchev–Trinajstić information content (AvgIpc) is 3.48. The summed E-state index contributed by atoms with van der Waals surface area (Å²) in [7, 11) is 2.19. The minimum Gasteiger partial charge on any atom is -0.330 e. The zero-order valence-corrected chi connectivity index (χ0v) is 20.2. The van der Waals surface area contributed by atoms with Crippen molar-refractivity contribution in [1.29, 1.82) is 0 Å². The van der Waals surface area contributed by atoms with Crippen molar-refractivity contribution < 1.29 is 0 Å². The Balaban J connectivity index is 1.26. The molecular formula is C27H43N5. The Morgan fingerprint density at radius 3 is 2.56 bits per heavy atom. The molecule has 5 nitrogen and oxygen atoms in total. The minimum absolute atomic E-state index is 0.806. The third kappa shape index (κ3) is 5.37. The van der Waals surface area contributed by atoms with Gasteiger partial charge in [-0.25, -0.2) is 4.98 Å². The fraction of sp³-hybridized carbons (Fsp3) is 0.741. The standard InChI is InChI=1S/C27H43N5/c1-29-26-14-6-5-13-25(26)28-27(29)22-31(19-18-30-15-7-2-8-16-30)20-23-10-9-17-32(21-23)24-11-3-4-12-24/h5-6,13-14,23-24H,2-4,7-12,15-22H2,1H3/t23-/m1/s1. The molecule has 32 heavy (non-hydrogen) atoms. The third-order valence-electron chi connectivity index (χ3n) is 8.33. The molecule has 176 valence electrons. The Labute approximate surface area is 194 Å². The predicted molar refractivity (Wildman–Crippen MR) is 133 cm³/mol. The lowest BCUT2D eigenvalue weighted by molar-refractivity contribution is 0.0901. The van der Waals surface area contributed by atoms with Crippen LogP contribution in [0.1, 0.15) is 63.6 Å². The third-order valence-corrected chi connectivity index (χ3v) is 8.33. The number of hydrogen-bond acceptors (Lipinski definition) is 4. The first kappa shape index (κ1) is 22.4. The molecule has 5 heteroatoms. The van der Waals surface area contributed by atoms with E-state index in [1.165, 1.54) is 115 Å². The Hall–Kier alpha value is -1.43. The van der Waals surface area contributed by atoms with E-state index in [0.29, 0.717) is 0 Å². The van der Waals surface area contributed by atoms with Gasteiger partial charge in [-0.3, -0.25) is 4.90 Å². The second kappa shape index (κ2) is 10.7. The molecule has 2 saturated heterocycles. The number of aromatic nitrogens is 2. The van der Waals surface area contributed by atoms with Gasteiger partial charge < -0.3 is 14.4 Å². The number of likely N-dealkylation sites (tertiary alicyclic amines) is 2. The van der Waals surface area contributed by atoms with Gasteiger partial charge in [0.2, 0.25) is 0 Å². The number of imidazole rings is 1. The van der Waals surface area contributed by atoms with Crippen LogP contribution in [0.15, 0.2) is 24.3 Å². The summed E-state index contributed by atoms with van der Waals surface area (Å²) >= 11 is 0. The van der Waals surface area contributed by atoms with Crippen molar-refractivity contribution in [2.45, 2.75) is 70.4 Å². The lowest BCUT2D eigenvalue weighted by Crippen LogP contribution is -2.46. The highest BCUT2D eigenvalue weighted by Crippen LogP contribution is 2.28. The molecule has 0 amide bonds. The summed E-state index contributed by atoms with van der Waals surface area (Å²) in [6, 6.07) is 9.45. The van der Waals surface area contributed by atoms with E-state index in [2.05, 4.69) is 50.6 Å². The molecule has 1 atom stereocenters. The zero-order valence-electron chi connectivity index (χ0n) is 20.2. The molecule has 0 radical (unpaired) electrons. The van der Waals surface area contributed by atoms with Crippen LogP contribution in [0.5, 0.6) is 0 Å². The Kier molecular flexibility index (Phi) is 7.46. The van der Waals surface area contributed by atoms with E-state index in [1.54, 1.807) is 0 Å². The van der Waals surface area contributed by atoms with Gasteiger partial charge in [0.25, 0.3) is 0 Å². The van der Waals surface area contributed by atoms with Crippen molar-refractivity contribution in [2.75, 3.05) is 45.8 Å². The number of para-hydroxylation sites is 2. The first-order valence-corrected chi connectivity index (χ1v) is 13.4. The highest BCUT2D eigenvalue weighted by Gasteiger charge is 2.29. The summed E-state index contributed by atoms with van der Waals surface area (Å²) in [6.45, 7) is 9.80. The second-order valence-electron chi connectivity index (χ2n) is 10.7. The molecule has 1 saturated carbocycles. The maximum absolute atomic E-state index is 5.02. The van der Waals surface area contributed by atoms with Crippen LogP contribution >= 0.6 is 0 Å². The molecule has 0 unspecified atom stereocenters. The van der Waals surface area contributed by atoms with Crippen molar-refractivity contribution in [3.8, 4) is 0 Å². The van der Waals surface area contributed by atoms with Gasteiger partial charge in [0.15, 0.2) is 0 Å². The summed E-state index contributed by atoms with van der Waals surface area (Å²) in [6.07, 6.45) is 12.7. The summed E-state index contributed by atoms with van der Waals surface area (Å²) in [4.78, 5) is 13.3. The number of piperidine rings is 2. The number of fused-ring (bicyclic) bond motifs is 1. The molecule has 1 aromatic carbocycles. The maximum Gasteiger partial charge on any atom is 0.123 e. The van der Waals surface area contributed by atoms with E-state index >= 15 is 0 Å². The van der Waals surface area contributed by atoms with Crippen molar-refractivity contribution in [3.05, 3.63) is 30.1 Å². The smallest absolute Gasteiger partial charge is 0.123 e. The van der Waals surface area contributed by atoms with E-state index in [1.807, 2.05) is 0 Å². The lowest BCUT2D eigenvalue weighted by Gasteiger charge is -2.39. The zero-order chi connectivity index (χ0) is 21.8. The van der Waals surface area contributed by atoms with Gasteiger partial charge in [-0.15, -0.1) is 0 Å². The lowest BCUT2D eigenvalue weighted by atomic mass is 9.95. The van der Waals surface area contributed by atoms with E-state index in [4.69, 9.17) is 4.98 Å². The molecule has 2 aliphatic heterocycles. The van der Waals surface area contributed by atoms with Gasteiger partial charge in [0, 0.05) is 39.3 Å². The van der Waals surface area contributed by atoms with Crippen LogP contribution in [0.2, 0.25) is 0 Å². The molecule has 3 fully saturated rings. The normalized spacial score (nSPS) is 24.1. The molecule has 2 aromatic rings. The molecule has 0 bridgehead atoms. The fourth-order valence-corrected chi connectivity index (χ4v) is 6.45. The second-order valence-corrected chi connectivity index (χ2v) is 10.7. The Morgan fingerprint density at radius 1 is 0.938 bits per heavy atom. The van der Waals surface area contributed by atoms with Gasteiger partial charge >= 0.3 is 0 Å². The molecule has 5 rings (SSSR count). The van der Waals surface area contributed by atoms with Crippen molar-refractivity contribution in [3.63, 3.8) is 0 Å². The van der Waals surface area contributed by atoms with Gasteiger partial charge in [-0.2, -0.15) is 0 Å². The van der Waals surface area contributed by atoms with Crippen LogP contribution in [0, 0.1) is 5.92 Å². The van der Waals surface area contributed by atoms with E-state index in [0.717, 1.165) is 24.0 Å². The van der Waals surface area contributed by atoms with Crippen LogP contribution in [-0.4, -0.2) is 76.1 Å². The van der Waals surface area contributed by atoms with Crippen LogP contribution in [0.3, 0.4) is 0 Å². The quantitative estimate of drug-likeness (QED) is 0.607. The molecule has 0 N–H and O–H groups in total. The fourth-order valence-electron chi connectivity index (χ4n) is 6.45.